The lowest BCUT2D eigenvalue weighted by atomic mass is 10.2. The average Bonchev–Trinajstić information content (AvgIpc) is 3.21. The van der Waals surface area contributed by atoms with Crippen molar-refractivity contribution in [2.75, 3.05) is 43.4 Å². The van der Waals surface area contributed by atoms with Crippen LogP contribution in [0.3, 0.4) is 0 Å². The van der Waals surface area contributed by atoms with E-state index < -0.39 is 12.2 Å². The number of hydrogen-bond donors (Lipinski definition) is 3. The van der Waals surface area contributed by atoms with E-state index >= 15 is 0 Å². The zero-order valence-corrected chi connectivity index (χ0v) is 17.3. The van der Waals surface area contributed by atoms with Gasteiger partial charge in [-0.05, 0) is 42.8 Å². The summed E-state index contributed by atoms with van der Waals surface area (Å²) in [7, 11) is 1.59. The van der Waals surface area contributed by atoms with Gasteiger partial charge in [0, 0.05) is 45.1 Å². The molecule has 30 heavy (non-hydrogen) atoms. The second-order valence-corrected chi connectivity index (χ2v) is 7.69. The van der Waals surface area contributed by atoms with Crippen LogP contribution in [-0.4, -0.2) is 62.6 Å². The molecule has 1 aliphatic heterocycles. The molecule has 1 fully saturated rings. The molecule has 0 radical (unpaired) electrons. The monoisotopic (exact) mass is 430 g/mol. The lowest BCUT2D eigenvalue weighted by molar-refractivity contribution is 0.143. The zero-order valence-electron chi connectivity index (χ0n) is 16.5. The summed E-state index contributed by atoms with van der Waals surface area (Å²) in [5.41, 5.74) is 1.71. The van der Waals surface area contributed by atoms with Gasteiger partial charge in [0.2, 0.25) is 11.9 Å². The molecule has 3 aromatic rings. The highest BCUT2D eigenvalue weighted by molar-refractivity contribution is 7.10. The number of piperazine rings is 1. The molecular weight excluding hydrogens is 407 g/mol. The summed E-state index contributed by atoms with van der Waals surface area (Å²) in [4.78, 5) is 16.5. The minimum absolute atomic E-state index is 0.270. The molecule has 1 atom stereocenters. The second kappa shape index (κ2) is 9.39. The Morgan fingerprint density at radius 1 is 1.20 bits per heavy atom. The molecule has 0 aromatic carbocycles. The van der Waals surface area contributed by atoms with E-state index in [0.29, 0.717) is 24.7 Å². The first kappa shape index (κ1) is 20.5. The molecule has 0 spiro atoms. The molecule has 3 aromatic heterocycles. The standard InChI is InChI=1S/C19H23FN8OS/c1-21-18(29)14-3-4-15(17(20)24-14)28-9-7-27(8-10-28)12-13-11-16(30-26-13)25-19-22-5-2-6-23-19/h2-6,11,18,21,29H,7-10,12H2,1H3,(H,22,23,25). The first-order chi connectivity index (χ1) is 14.6. The van der Waals surface area contributed by atoms with Crippen LogP contribution in [0.15, 0.2) is 36.7 Å². The summed E-state index contributed by atoms with van der Waals surface area (Å²) in [6, 6.07) is 7.10. The number of aliphatic hydroxyl groups is 1. The van der Waals surface area contributed by atoms with Crippen molar-refractivity contribution >= 4 is 28.2 Å². The third-order valence-electron chi connectivity index (χ3n) is 4.86. The maximum absolute atomic E-state index is 14.4. The average molecular weight is 431 g/mol. The number of anilines is 3. The van der Waals surface area contributed by atoms with Crippen molar-refractivity contribution in [3.8, 4) is 0 Å². The Labute approximate surface area is 177 Å². The highest BCUT2D eigenvalue weighted by Gasteiger charge is 2.22. The summed E-state index contributed by atoms with van der Waals surface area (Å²) >= 11 is 1.38. The SMILES string of the molecule is CNC(O)c1ccc(N2CCN(Cc3cc(Nc4ncccn4)sn3)CC2)c(F)n1. The van der Waals surface area contributed by atoms with E-state index in [1.165, 1.54) is 11.5 Å². The number of nitrogens with one attached hydrogen (secondary N) is 2. The largest absolute Gasteiger partial charge is 0.373 e. The van der Waals surface area contributed by atoms with Crippen LogP contribution in [0.2, 0.25) is 0 Å². The number of aliphatic hydroxyl groups excluding tert-OH is 1. The van der Waals surface area contributed by atoms with Crippen molar-refractivity contribution in [3.63, 3.8) is 0 Å². The second-order valence-electron chi connectivity index (χ2n) is 6.88. The van der Waals surface area contributed by atoms with Crippen LogP contribution in [0.1, 0.15) is 17.6 Å². The van der Waals surface area contributed by atoms with E-state index in [-0.39, 0.29) is 5.69 Å². The summed E-state index contributed by atoms with van der Waals surface area (Å²) in [6.07, 6.45) is 2.40. The van der Waals surface area contributed by atoms with Gasteiger partial charge in [0.25, 0.3) is 0 Å². The van der Waals surface area contributed by atoms with E-state index in [9.17, 15) is 9.50 Å². The molecule has 3 N–H and O–H groups in total. The van der Waals surface area contributed by atoms with Crippen LogP contribution in [0.25, 0.3) is 0 Å². The normalized spacial score (nSPS) is 15.9. The van der Waals surface area contributed by atoms with Gasteiger partial charge in [0.05, 0.1) is 17.1 Å². The maximum Gasteiger partial charge on any atom is 0.236 e. The van der Waals surface area contributed by atoms with Gasteiger partial charge in [-0.1, -0.05) is 0 Å². The fraction of sp³-hybridized carbons (Fsp3) is 0.368. The van der Waals surface area contributed by atoms with Gasteiger partial charge in [-0.2, -0.15) is 8.76 Å². The molecule has 1 saturated heterocycles. The third kappa shape index (κ3) is 4.87. The smallest absolute Gasteiger partial charge is 0.236 e. The zero-order chi connectivity index (χ0) is 20.9. The Morgan fingerprint density at radius 2 is 1.97 bits per heavy atom. The van der Waals surface area contributed by atoms with Crippen LogP contribution >= 0.6 is 11.5 Å². The molecule has 1 unspecified atom stereocenters. The number of hydrogen-bond acceptors (Lipinski definition) is 10. The summed E-state index contributed by atoms with van der Waals surface area (Å²) in [5, 5.41) is 16.4. The van der Waals surface area contributed by atoms with E-state index in [1.54, 1.807) is 37.6 Å². The van der Waals surface area contributed by atoms with Crippen LogP contribution in [0, 0.1) is 5.95 Å². The van der Waals surface area contributed by atoms with E-state index in [4.69, 9.17) is 0 Å². The van der Waals surface area contributed by atoms with Gasteiger partial charge < -0.3 is 15.3 Å². The molecule has 9 nitrogen and oxygen atoms in total. The minimum atomic E-state index is -0.976. The Balaban J connectivity index is 1.31. The molecule has 11 heteroatoms. The van der Waals surface area contributed by atoms with Gasteiger partial charge >= 0.3 is 0 Å². The van der Waals surface area contributed by atoms with E-state index in [2.05, 4.69) is 34.9 Å². The fourth-order valence-electron chi connectivity index (χ4n) is 3.27. The Bertz CT molecular complexity index is 964. The molecule has 1 aliphatic rings. The van der Waals surface area contributed by atoms with Gasteiger partial charge in [0.15, 0.2) is 0 Å². The van der Waals surface area contributed by atoms with Crippen molar-refractivity contribution in [2.24, 2.45) is 0 Å². The van der Waals surface area contributed by atoms with Crippen LogP contribution < -0.4 is 15.5 Å². The Kier molecular flexibility index (Phi) is 6.43. The molecule has 4 heterocycles. The summed E-state index contributed by atoms with van der Waals surface area (Å²) < 4.78 is 18.9. The Hall–Kier alpha value is -2.73. The van der Waals surface area contributed by atoms with Crippen molar-refractivity contribution in [1.82, 2.24) is 29.5 Å². The molecular formula is C19H23FN8OS. The minimum Gasteiger partial charge on any atom is -0.373 e. The lowest BCUT2D eigenvalue weighted by Gasteiger charge is -2.35. The van der Waals surface area contributed by atoms with Crippen molar-refractivity contribution in [1.29, 1.82) is 0 Å². The first-order valence-corrected chi connectivity index (χ1v) is 10.4. The van der Waals surface area contributed by atoms with Gasteiger partial charge in [-0.3, -0.25) is 10.2 Å². The van der Waals surface area contributed by atoms with E-state index in [0.717, 1.165) is 30.3 Å². The number of halogens is 1. The fourth-order valence-corrected chi connectivity index (χ4v) is 3.92. The van der Waals surface area contributed by atoms with Crippen molar-refractivity contribution in [2.45, 2.75) is 12.8 Å². The predicted octanol–water partition coefficient (Wildman–Crippen LogP) is 1.74. The lowest BCUT2D eigenvalue weighted by Crippen LogP contribution is -2.46. The molecule has 0 amide bonds. The summed E-state index contributed by atoms with van der Waals surface area (Å²) in [6.45, 7) is 3.71. The topological polar surface area (TPSA) is 102 Å². The third-order valence-corrected chi connectivity index (χ3v) is 5.60. The molecule has 158 valence electrons. The van der Waals surface area contributed by atoms with Crippen LogP contribution in [0.5, 0.6) is 0 Å². The number of aromatic nitrogens is 4. The number of pyridine rings is 1. The highest BCUT2D eigenvalue weighted by Crippen LogP contribution is 2.23. The molecule has 0 saturated carbocycles. The van der Waals surface area contributed by atoms with E-state index in [1.807, 2.05) is 11.0 Å². The maximum atomic E-state index is 14.4. The quantitative estimate of drug-likeness (QED) is 0.382. The molecule has 0 bridgehead atoms. The first-order valence-electron chi connectivity index (χ1n) is 9.61. The van der Waals surface area contributed by atoms with Crippen molar-refractivity contribution in [3.05, 3.63) is 54.0 Å². The van der Waals surface area contributed by atoms with Crippen molar-refractivity contribution < 1.29 is 9.50 Å². The van der Waals surface area contributed by atoms with Crippen LogP contribution in [-0.2, 0) is 6.54 Å². The Morgan fingerprint density at radius 3 is 2.67 bits per heavy atom. The van der Waals surface area contributed by atoms with Gasteiger partial charge in [-0.25, -0.2) is 15.0 Å². The van der Waals surface area contributed by atoms with Gasteiger partial charge in [-0.15, -0.1) is 0 Å². The predicted molar refractivity (Wildman–Crippen MR) is 113 cm³/mol. The van der Waals surface area contributed by atoms with Crippen LogP contribution in [0.4, 0.5) is 21.0 Å². The van der Waals surface area contributed by atoms with Gasteiger partial charge in [0.1, 0.15) is 11.2 Å². The molecule has 4 rings (SSSR count). The summed E-state index contributed by atoms with van der Waals surface area (Å²) in [5.74, 6) is -0.0150. The molecule has 0 aliphatic carbocycles. The highest BCUT2D eigenvalue weighted by atomic mass is 32.1. The number of nitrogens with zero attached hydrogens (tertiary/aromatic N) is 6. The number of rotatable bonds is 7.